The van der Waals surface area contributed by atoms with E-state index >= 15 is 0 Å². The van der Waals surface area contributed by atoms with Crippen molar-refractivity contribution in [1.82, 2.24) is 56.5 Å². The molecule has 1 aliphatic rings. The molecule has 1 saturated heterocycles. The Morgan fingerprint density at radius 2 is 1.29 bits per heavy atom. The standard InChI is InChI=1S/C24H30N6O3.C21H25N5O4/c1-15(2)12-19(24(31)32)18(23-27-29-30-28-23)13-16-9-10-22(26-14-16)33-21-8-4-3-6-17(21)20-7-5-11-25-20;1-13(2)8-18(21(28)29)17(20-23-25-26-24-20)10-14-6-7-19(22-11-14)30-16-5-3-4-15(9-16)12-27/h3-4,6,8-10,14-15,18-20,25H,5,7,11-13H2,1-2H3,(H,31,32)(H,27,28,29,30);3-7,9,11,13,17-18,27H,8,10,12H2,1-2H3,(H,28,29)(H,23,24,25,26)/t18-,19-,20?;17-,18-/m00/s1. The van der Waals surface area contributed by atoms with Crippen LogP contribution < -0.4 is 14.8 Å². The Balaban J connectivity index is 0.000000211. The molecule has 5 heterocycles. The summed E-state index contributed by atoms with van der Waals surface area (Å²) in [5.41, 5.74) is 3.61. The van der Waals surface area contributed by atoms with Crippen molar-refractivity contribution in [3.05, 3.63) is 119 Å². The minimum Gasteiger partial charge on any atom is -0.481 e. The maximum atomic E-state index is 12.0. The molecule has 0 aliphatic carbocycles. The average molecular weight is 862 g/mol. The van der Waals surface area contributed by atoms with Crippen molar-refractivity contribution in [3.8, 4) is 23.3 Å². The van der Waals surface area contributed by atoms with E-state index in [0.29, 0.717) is 60.9 Å². The van der Waals surface area contributed by atoms with Crippen LogP contribution in [0.2, 0.25) is 0 Å². The van der Waals surface area contributed by atoms with E-state index in [-0.39, 0.29) is 18.4 Å². The third kappa shape index (κ3) is 13.2. The molecule has 0 spiro atoms. The van der Waals surface area contributed by atoms with Gasteiger partial charge in [0.05, 0.1) is 18.4 Å². The first-order valence-electron chi connectivity index (χ1n) is 21.2. The smallest absolute Gasteiger partial charge is 0.307 e. The number of tetrazole rings is 2. The highest BCUT2D eigenvalue weighted by Gasteiger charge is 2.34. The third-order valence-corrected chi connectivity index (χ3v) is 10.8. The molecule has 4 aromatic heterocycles. The molecule has 6 N–H and O–H groups in total. The number of ether oxygens (including phenoxy) is 2. The van der Waals surface area contributed by atoms with Crippen LogP contribution in [-0.2, 0) is 29.0 Å². The number of aromatic nitrogens is 10. The number of carboxylic acid groups (broad SMARTS) is 2. The molecule has 0 saturated carbocycles. The molecule has 0 radical (unpaired) electrons. The first-order valence-corrected chi connectivity index (χ1v) is 21.2. The Morgan fingerprint density at radius 1 is 0.714 bits per heavy atom. The van der Waals surface area contributed by atoms with Crippen molar-refractivity contribution < 1.29 is 34.4 Å². The van der Waals surface area contributed by atoms with Crippen LogP contribution in [0.5, 0.6) is 23.3 Å². The van der Waals surface area contributed by atoms with Gasteiger partial charge in [0.2, 0.25) is 11.8 Å². The fourth-order valence-electron chi connectivity index (χ4n) is 7.81. The Hall–Kier alpha value is -6.66. The number of nitrogens with one attached hydrogen (secondary N) is 3. The number of H-pyrrole nitrogens is 2. The van der Waals surface area contributed by atoms with Gasteiger partial charge < -0.3 is 30.1 Å². The second kappa shape index (κ2) is 22.4. The molecule has 0 amide bonds. The molecule has 2 aromatic carbocycles. The minimum atomic E-state index is -0.879. The van der Waals surface area contributed by atoms with E-state index in [9.17, 15) is 24.9 Å². The van der Waals surface area contributed by atoms with E-state index in [2.05, 4.69) is 62.6 Å². The molecule has 0 bridgehead atoms. The van der Waals surface area contributed by atoms with Crippen molar-refractivity contribution in [2.75, 3.05) is 6.54 Å². The summed E-state index contributed by atoms with van der Waals surface area (Å²) in [5, 5.41) is 60.7. The van der Waals surface area contributed by atoms with Crippen molar-refractivity contribution in [1.29, 1.82) is 0 Å². The molecule has 18 nitrogen and oxygen atoms in total. The van der Waals surface area contributed by atoms with Gasteiger partial charge in [-0.05, 0) is 91.8 Å². The summed E-state index contributed by atoms with van der Waals surface area (Å²) in [7, 11) is 0. The summed E-state index contributed by atoms with van der Waals surface area (Å²) < 4.78 is 11.8. The largest absolute Gasteiger partial charge is 0.481 e. The maximum absolute atomic E-state index is 12.0. The minimum absolute atomic E-state index is 0.0673. The van der Waals surface area contributed by atoms with Crippen LogP contribution in [0, 0.1) is 23.7 Å². The lowest BCUT2D eigenvalue weighted by Gasteiger charge is -2.23. The highest BCUT2D eigenvalue weighted by Crippen LogP contribution is 2.35. The SMILES string of the molecule is CC(C)C[C@H](C(=O)O)[C@H](Cc1ccc(Oc2cccc(CO)c2)nc1)c1nn[nH]n1.CC(C)C[C@H](C(=O)O)[C@H](Cc1ccc(Oc2ccccc2C2CCCN2)nc1)c1nn[nH]n1. The highest BCUT2D eigenvalue weighted by molar-refractivity contribution is 5.71. The second-order valence-electron chi connectivity index (χ2n) is 16.5. The Labute approximate surface area is 365 Å². The molecule has 1 aliphatic heterocycles. The number of aliphatic carboxylic acids is 2. The predicted octanol–water partition coefficient (Wildman–Crippen LogP) is 6.84. The normalized spacial score (nSPS) is 15.6. The summed E-state index contributed by atoms with van der Waals surface area (Å²) in [6.45, 7) is 8.95. The van der Waals surface area contributed by atoms with Gasteiger partial charge in [-0.15, -0.1) is 20.4 Å². The van der Waals surface area contributed by atoms with Gasteiger partial charge in [0, 0.05) is 48.0 Å². The summed E-state index contributed by atoms with van der Waals surface area (Å²) in [6.07, 6.45) is 7.52. The van der Waals surface area contributed by atoms with Crippen LogP contribution in [0.25, 0.3) is 0 Å². The molecule has 63 heavy (non-hydrogen) atoms. The van der Waals surface area contributed by atoms with Crippen LogP contribution in [-0.4, -0.2) is 85.0 Å². The number of aliphatic hydroxyl groups is 1. The summed E-state index contributed by atoms with van der Waals surface area (Å²) in [5.74, 6) is -0.343. The lowest BCUT2D eigenvalue weighted by molar-refractivity contribution is -0.144. The Kier molecular flexibility index (Phi) is 16.3. The monoisotopic (exact) mass is 861 g/mol. The number of rotatable bonds is 20. The average Bonchev–Trinajstić information content (AvgIpc) is 4.11. The first-order chi connectivity index (χ1) is 30.5. The number of carbonyl (C=O) groups is 2. The number of hydrogen-bond donors (Lipinski definition) is 6. The second-order valence-corrected chi connectivity index (χ2v) is 16.5. The topological polar surface area (TPSA) is 260 Å². The summed E-state index contributed by atoms with van der Waals surface area (Å²) >= 11 is 0. The number of benzene rings is 2. The predicted molar refractivity (Wildman–Crippen MR) is 230 cm³/mol. The fourth-order valence-corrected chi connectivity index (χ4v) is 7.81. The molecule has 18 heteroatoms. The van der Waals surface area contributed by atoms with Gasteiger partial charge in [-0.25, -0.2) is 9.97 Å². The first kappa shape index (κ1) is 45.9. The third-order valence-electron chi connectivity index (χ3n) is 10.8. The maximum Gasteiger partial charge on any atom is 0.307 e. The lowest BCUT2D eigenvalue weighted by atomic mass is 9.81. The number of hydrogen-bond acceptors (Lipinski definition) is 14. The molecule has 6 aromatic rings. The molecule has 5 atom stereocenters. The van der Waals surface area contributed by atoms with Crippen LogP contribution in [0.1, 0.15) is 105 Å². The number of para-hydroxylation sites is 1. The van der Waals surface area contributed by atoms with Crippen molar-refractivity contribution in [2.24, 2.45) is 23.7 Å². The van der Waals surface area contributed by atoms with Gasteiger partial charge in [-0.3, -0.25) is 9.59 Å². The van der Waals surface area contributed by atoms with Gasteiger partial charge in [-0.2, -0.15) is 10.4 Å². The highest BCUT2D eigenvalue weighted by atomic mass is 16.5. The van der Waals surface area contributed by atoms with Crippen molar-refractivity contribution in [2.45, 2.75) is 90.7 Å². The van der Waals surface area contributed by atoms with E-state index in [4.69, 9.17) is 9.47 Å². The molecule has 7 rings (SSSR count). The van der Waals surface area contributed by atoms with Crippen molar-refractivity contribution in [3.63, 3.8) is 0 Å². The van der Waals surface area contributed by atoms with Gasteiger partial charge in [0.25, 0.3) is 0 Å². The van der Waals surface area contributed by atoms with Gasteiger partial charge >= 0.3 is 11.9 Å². The zero-order valence-corrected chi connectivity index (χ0v) is 35.8. The van der Waals surface area contributed by atoms with E-state index in [0.717, 1.165) is 47.4 Å². The lowest BCUT2D eigenvalue weighted by Crippen LogP contribution is -2.26. The summed E-state index contributed by atoms with van der Waals surface area (Å²) in [6, 6.07) is 22.8. The molecule has 1 fully saturated rings. The molecule has 1 unspecified atom stereocenters. The number of aromatic amines is 2. The van der Waals surface area contributed by atoms with E-state index < -0.39 is 35.6 Å². The fraction of sp³-hybridized carbons (Fsp3) is 0.422. The van der Waals surface area contributed by atoms with Crippen LogP contribution >= 0.6 is 0 Å². The Bertz CT molecular complexity index is 2300. The zero-order valence-electron chi connectivity index (χ0n) is 35.8. The van der Waals surface area contributed by atoms with Crippen molar-refractivity contribution >= 4 is 11.9 Å². The van der Waals surface area contributed by atoms with E-state index in [1.807, 2.05) is 64.1 Å². The van der Waals surface area contributed by atoms with Crippen LogP contribution in [0.15, 0.2) is 85.2 Å². The van der Waals surface area contributed by atoms with E-state index in [1.54, 1.807) is 42.7 Å². The number of pyridine rings is 2. The van der Waals surface area contributed by atoms with Gasteiger partial charge in [0.15, 0.2) is 11.6 Å². The number of nitrogens with zero attached hydrogens (tertiary/aromatic N) is 8. The number of carboxylic acids is 2. The van der Waals surface area contributed by atoms with E-state index in [1.165, 1.54) is 0 Å². The molecular weight excluding hydrogens is 807 g/mol. The Morgan fingerprint density at radius 3 is 1.75 bits per heavy atom. The molecule has 332 valence electrons. The number of aliphatic hydroxyl groups excluding tert-OH is 1. The summed E-state index contributed by atoms with van der Waals surface area (Å²) in [4.78, 5) is 32.8. The van der Waals surface area contributed by atoms with Crippen LogP contribution in [0.3, 0.4) is 0 Å². The van der Waals surface area contributed by atoms with Gasteiger partial charge in [0.1, 0.15) is 11.5 Å². The quantitative estimate of drug-likeness (QED) is 0.0459. The van der Waals surface area contributed by atoms with Crippen LogP contribution in [0.4, 0.5) is 0 Å². The van der Waals surface area contributed by atoms with Gasteiger partial charge in [-0.1, -0.05) is 80.6 Å². The molecular formula is C45H55N11O7. The zero-order chi connectivity index (χ0) is 44.7.